The summed E-state index contributed by atoms with van der Waals surface area (Å²) in [5, 5.41) is 5.55. The molecule has 0 unspecified atom stereocenters. The van der Waals surface area contributed by atoms with E-state index in [2.05, 4.69) is 10.6 Å². The second kappa shape index (κ2) is 8.16. The molecule has 0 saturated carbocycles. The number of benzene rings is 1. The molecule has 3 rings (SSSR count). The number of nitrogens with one attached hydrogen (secondary N) is 2. The van der Waals surface area contributed by atoms with Gasteiger partial charge in [0.05, 0.1) is 6.04 Å². The zero-order chi connectivity index (χ0) is 18.5. The van der Waals surface area contributed by atoms with E-state index in [4.69, 9.17) is 0 Å². The number of likely N-dealkylation sites (tertiary alicyclic amines) is 1. The molecule has 0 aromatic heterocycles. The number of anilines is 1. The molecule has 1 aromatic rings. The first-order valence-corrected chi connectivity index (χ1v) is 8.91. The molecule has 0 bridgehead atoms. The van der Waals surface area contributed by atoms with Crippen LogP contribution >= 0.6 is 0 Å². The van der Waals surface area contributed by atoms with Gasteiger partial charge in [0.25, 0.3) is 0 Å². The second-order valence-electron chi connectivity index (χ2n) is 6.62. The van der Waals surface area contributed by atoms with Gasteiger partial charge in [-0.15, -0.1) is 0 Å². The highest BCUT2D eigenvalue weighted by atomic mass is 19.1. The van der Waals surface area contributed by atoms with Gasteiger partial charge in [0, 0.05) is 44.7 Å². The summed E-state index contributed by atoms with van der Waals surface area (Å²) in [4.78, 5) is 38.9. The third-order valence-corrected chi connectivity index (χ3v) is 4.66. The first kappa shape index (κ1) is 18.2. The van der Waals surface area contributed by atoms with Crippen LogP contribution < -0.4 is 15.5 Å². The lowest BCUT2D eigenvalue weighted by atomic mass is 10.2. The summed E-state index contributed by atoms with van der Waals surface area (Å²) >= 11 is 0. The van der Waals surface area contributed by atoms with Gasteiger partial charge < -0.3 is 20.4 Å². The minimum Gasteiger partial charge on any atom is -0.343 e. The van der Waals surface area contributed by atoms with Crippen LogP contribution in [0, 0.1) is 5.82 Å². The predicted molar refractivity (Wildman–Crippen MR) is 94.1 cm³/mol. The van der Waals surface area contributed by atoms with Crippen LogP contribution in [0.1, 0.15) is 25.7 Å². The lowest BCUT2D eigenvalue weighted by molar-refractivity contribution is -0.127. The highest BCUT2D eigenvalue weighted by molar-refractivity contribution is 5.96. The maximum atomic E-state index is 13.0. The van der Waals surface area contributed by atoms with E-state index < -0.39 is 0 Å². The number of rotatable bonds is 6. The van der Waals surface area contributed by atoms with Gasteiger partial charge in [-0.3, -0.25) is 9.59 Å². The molecule has 2 fully saturated rings. The molecule has 2 saturated heterocycles. The maximum Gasteiger partial charge on any atom is 0.315 e. The van der Waals surface area contributed by atoms with Crippen LogP contribution in [0.3, 0.4) is 0 Å². The molecule has 2 heterocycles. The molecule has 2 N–H and O–H groups in total. The number of urea groups is 1. The molecule has 26 heavy (non-hydrogen) atoms. The summed E-state index contributed by atoms with van der Waals surface area (Å²) in [6.07, 6.45) is 2.44. The Morgan fingerprint density at radius 3 is 2.65 bits per heavy atom. The zero-order valence-electron chi connectivity index (χ0n) is 14.5. The van der Waals surface area contributed by atoms with E-state index >= 15 is 0 Å². The van der Waals surface area contributed by atoms with E-state index in [-0.39, 0.29) is 36.1 Å². The molecule has 0 aliphatic carbocycles. The van der Waals surface area contributed by atoms with Crippen molar-refractivity contribution in [1.29, 1.82) is 0 Å². The van der Waals surface area contributed by atoms with Gasteiger partial charge in [-0.05, 0) is 37.1 Å². The van der Waals surface area contributed by atoms with Crippen LogP contribution in [0.15, 0.2) is 24.3 Å². The lowest BCUT2D eigenvalue weighted by Crippen LogP contribution is -2.44. The van der Waals surface area contributed by atoms with Crippen molar-refractivity contribution < 1.29 is 18.8 Å². The molecule has 7 nitrogen and oxygen atoms in total. The SMILES string of the molecule is O=C(NCCCN1CCCC1=O)N[C@@H]1CC(=O)N(c2ccc(F)cc2)C1. The van der Waals surface area contributed by atoms with Crippen molar-refractivity contribution >= 4 is 23.5 Å². The molecular formula is C18H23FN4O3. The standard InChI is InChI=1S/C18H23FN4O3/c19-13-4-6-15(7-5-13)23-12-14(11-17(23)25)21-18(26)20-8-2-10-22-9-1-3-16(22)24/h4-7,14H,1-3,8-12H2,(H2,20,21,26)/t14-/m1/s1. The Morgan fingerprint density at radius 1 is 1.19 bits per heavy atom. The molecule has 0 radical (unpaired) electrons. The summed E-state index contributed by atoms with van der Waals surface area (Å²) in [7, 11) is 0. The Balaban J connectivity index is 1.38. The fourth-order valence-corrected chi connectivity index (χ4v) is 3.32. The van der Waals surface area contributed by atoms with Crippen LogP contribution in [0.4, 0.5) is 14.9 Å². The summed E-state index contributed by atoms with van der Waals surface area (Å²) in [5.41, 5.74) is 0.622. The van der Waals surface area contributed by atoms with Crippen molar-refractivity contribution in [2.24, 2.45) is 0 Å². The third-order valence-electron chi connectivity index (χ3n) is 4.66. The molecule has 140 valence electrons. The van der Waals surface area contributed by atoms with Gasteiger partial charge in [0.2, 0.25) is 11.8 Å². The van der Waals surface area contributed by atoms with Crippen molar-refractivity contribution in [2.75, 3.05) is 31.1 Å². The predicted octanol–water partition coefficient (Wildman–Crippen LogP) is 1.24. The van der Waals surface area contributed by atoms with Crippen LogP contribution in [-0.2, 0) is 9.59 Å². The molecule has 2 aliphatic heterocycles. The van der Waals surface area contributed by atoms with Crippen molar-refractivity contribution in [1.82, 2.24) is 15.5 Å². The van der Waals surface area contributed by atoms with Crippen LogP contribution in [0.25, 0.3) is 0 Å². The third kappa shape index (κ3) is 4.50. The quantitative estimate of drug-likeness (QED) is 0.747. The van der Waals surface area contributed by atoms with E-state index in [0.717, 1.165) is 13.0 Å². The normalized spacial score (nSPS) is 20.0. The van der Waals surface area contributed by atoms with Gasteiger partial charge in [0.1, 0.15) is 5.82 Å². The Bertz CT molecular complexity index is 680. The topological polar surface area (TPSA) is 81.8 Å². The second-order valence-corrected chi connectivity index (χ2v) is 6.62. The van der Waals surface area contributed by atoms with Crippen LogP contribution in [0.2, 0.25) is 0 Å². The van der Waals surface area contributed by atoms with Crippen LogP contribution in [0.5, 0.6) is 0 Å². The molecule has 8 heteroatoms. The molecule has 1 atom stereocenters. The average molecular weight is 362 g/mol. The van der Waals surface area contributed by atoms with E-state index in [9.17, 15) is 18.8 Å². The Morgan fingerprint density at radius 2 is 1.96 bits per heavy atom. The molecule has 2 aliphatic rings. The van der Waals surface area contributed by atoms with E-state index in [0.29, 0.717) is 38.2 Å². The number of halogens is 1. The van der Waals surface area contributed by atoms with Gasteiger partial charge in [0.15, 0.2) is 0 Å². The number of nitrogens with zero attached hydrogens (tertiary/aromatic N) is 2. The van der Waals surface area contributed by atoms with Crippen molar-refractivity contribution in [3.63, 3.8) is 0 Å². The van der Waals surface area contributed by atoms with Crippen molar-refractivity contribution in [3.8, 4) is 0 Å². The highest BCUT2D eigenvalue weighted by Gasteiger charge is 2.31. The Labute approximate surface area is 151 Å². The number of carbonyl (C=O) groups is 3. The fraction of sp³-hybridized carbons (Fsp3) is 0.500. The van der Waals surface area contributed by atoms with Gasteiger partial charge in [-0.2, -0.15) is 0 Å². The average Bonchev–Trinajstić information content (AvgIpc) is 3.18. The summed E-state index contributed by atoms with van der Waals surface area (Å²) in [5.74, 6) is -0.278. The number of hydrogen-bond acceptors (Lipinski definition) is 3. The zero-order valence-corrected chi connectivity index (χ0v) is 14.5. The molecule has 0 spiro atoms. The fourth-order valence-electron chi connectivity index (χ4n) is 3.32. The number of carbonyl (C=O) groups excluding carboxylic acids is 3. The van der Waals surface area contributed by atoms with Crippen LogP contribution in [-0.4, -0.2) is 55.0 Å². The van der Waals surface area contributed by atoms with Crippen molar-refractivity contribution in [3.05, 3.63) is 30.1 Å². The Hall–Kier alpha value is -2.64. The number of amides is 4. The Kier molecular flexibility index (Phi) is 5.70. The maximum absolute atomic E-state index is 13.0. The largest absolute Gasteiger partial charge is 0.343 e. The lowest BCUT2D eigenvalue weighted by Gasteiger charge is -2.18. The van der Waals surface area contributed by atoms with E-state index in [1.54, 1.807) is 17.0 Å². The van der Waals surface area contributed by atoms with E-state index in [1.165, 1.54) is 12.1 Å². The summed E-state index contributed by atoms with van der Waals surface area (Å²) in [6.45, 7) is 2.28. The van der Waals surface area contributed by atoms with Gasteiger partial charge in [-0.1, -0.05) is 0 Å². The smallest absolute Gasteiger partial charge is 0.315 e. The molecule has 1 aromatic carbocycles. The number of hydrogen-bond donors (Lipinski definition) is 2. The van der Waals surface area contributed by atoms with E-state index in [1.807, 2.05) is 4.90 Å². The molecular weight excluding hydrogens is 339 g/mol. The van der Waals surface area contributed by atoms with Crippen molar-refractivity contribution in [2.45, 2.75) is 31.7 Å². The van der Waals surface area contributed by atoms with Gasteiger partial charge in [-0.25, -0.2) is 9.18 Å². The highest BCUT2D eigenvalue weighted by Crippen LogP contribution is 2.21. The first-order valence-electron chi connectivity index (χ1n) is 8.91. The molecule has 4 amide bonds. The van der Waals surface area contributed by atoms with Gasteiger partial charge >= 0.3 is 6.03 Å². The monoisotopic (exact) mass is 362 g/mol. The first-order chi connectivity index (χ1) is 12.5. The summed E-state index contributed by atoms with van der Waals surface area (Å²) < 4.78 is 13.0. The minimum absolute atomic E-state index is 0.102. The minimum atomic E-state index is -0.356. The summed E-state index contributed by atoms with van der Waals surface area (Å²) in [6, 6.07) is 5.11.